The molecule has 1 aliphatic rings. The highest BCUT2D eigenvalue weighted by Gasteiger charge is 2.33. The van der Waals surface area contributed by atoms with E-state index in [1.54, 1.807) is 39.8 Å². The van der Waals surface area contributed by atoms with Gasteiger partial charge in [0.05, 0.1) is 52.7 Å². The molecule has 7 aromatic carbocycles. The number of carbonyl (C=O) groups is 2. The summed E-state index contributed by atoms with van der Waals surface area (Å²) in [5, 5.41) is 23.9. The largest absolute Gasteiger partial charge is 0.490 e. The van der Waals surface area contributed by atoms with Crippen molar-refractivity contribution in [1.82, 2.24) is 34.6 Å². The van der Waals surface area contributed by atoms with Crippen LogP contribution in [0.2, 0.25) is 5.02 Å². The molecule has 2 aromatic heterocycles. The molecule has 3 heterocycles. The van der Waals surface area contributed by atoms with Gasteiger partial charge in [-0.15, -0.1) is 5.11 Å². The standard InChI is InChI=1S/C67H68ClN11O5/c1-47(2)63(64-71-59-44-53(68)26-31-58(59)67(82)79(64)46-49-14-6-4-7-15-49)78(66(81)51-22-20-48(3)21-23-51)36-12-34-69-65(80)52-25-33-61(70-45-52)84-42-13-35-76-37-39-77(40-38-76)41-43-83-60-32-24-50-16-10-11-19-57(50)62(60)75-74-56-29-27-55(28-30-56)73-72-54-17-8-5-9-18-54/h4-11,14-33,44-45,47,63H,12-13,34-43,46H2,1-3H3,(H,69,80)/t63-/m1/s1. The SMILES string of the molecule is Cc1ccc(C(=O)N(CCCNC(=O)c2ccc(OCCCN3CCN(CCOc4ccc5ccccc5c4N=Nc4ccc(N=Nc5ccccc5)cc4)CC3)nc2)[C@@H](c2nc3cc(Cl)ccc3c(=O)n2Cc2ccccc2)C(C)C)cc1. The minimum Gasteiger partial charge on any atom is -0.490 e. The van der Waals surface area contributed by atoms with Gasteiger partial charge in [-0.2, -0.15) is 15.3 Å². The molecule has 10 rings (SSSR count). The van der Waals surface area contributed by atoms with Crippen molar-refractivity contribution >= 4 is 67.8 Å². The molecule has 0 radical (unpaired) electrons. The maximum Gasteiger partial charge on any atom is 0.261 e. The Balaban J connectivity index is 0.680. The van der Waals surface area contributed by atoms with Crippen LogP contribution < -0.4 is 20.3 Å². The highest BCUT2D eigenvalue weighted by Crippen LogP contribution is 2.38. The number of aryl methyl sites for hydroxylation is 1. The fraction of sp³-hybridized carbons (Fsp3) is 0.269. The smallest absolute Gasteiger partial charge is 0.261 e. The van der Waals surface area contributed by atoms with Crippen molar-refractivity contribution in [2.24, 2.45) is 26.4 Å². The predicted molar refractivity (Wildman–Crippen MR) is 331 cm³/mol. The highest BCUT2D eigenvalue weighted by molar-refractivity contribution is 6.31. The van der Waals surface area contributed by atoms with Crippen molar-refractivity contribution in [2.45, 2.75) is 46.2 Å². The molecule has 0 unspecified atom stereocenters. The fourth-order valence-electron chi connectivity index (χ4n) is 10.3. The quantitative estimate of drug-likeness (QED) is 0.0457. The van der Waals surface area contributed by atoms with Gasteiger partial charge in [-0.3, -0.25) is 23.9 Å². The molecule has 1 saturated heterocycles. The summed E-state index contributed by atoms with van der Waals surface area (Å²) < 4.78 is 14.1. The summed E-state index contributed by atoms with van der Waals surface area (Å²) in [4.78, 5) is 58.7. The molecule has 17 heteroatoms. The van der Waals surface area contributed by atoms with E-state index in [1.807, 2.05) is 154 Å². The van der Waals surface area contributed by atoms with Gasteiger partial charge in [0.15, 0.2) is 0 Å². The summed E-state index contributed by atoms with van der Waals surface area (Å²) in [6.45, 7) is 13.3. The minimum absolute atomic E-state index is 0.161. The third kappa shape index (κ3) is 15.2. The Morgan fingerprint density at radius 1 is 0.667 bits per heavy atom. The van der Waals surface area contributed by atoms with Crippen molar-refractivity contribution in [1.29, 1.82) is 0 Å². The lowest BCUT2D eigenvalue weighted by Gasteiger charge is -2.35. The first-order valence-electron chi connectivity index (χ1n) is 28.6. The Hall–Kier alpha value is -8.96. The van der Waals surface area contributed by atoms with Crippen molar-refractivity contribution in [3.8, 4) is 11.6 Å². The average molecular weight is 1140 g/mol. The summed E-state index contributed by atoms with van der Waals surface area (Å²) in [5.41, 5.74) is 6.00. The number of fused-ring (bicyclic) bond motifs is 2. The minimum atomic E-state index is -0.613. The topological polar surface area (TPSA) is 172 Å². The van der Waals surface area contributed by atoms with Gasteiger partial charge in [0.2, 0.25) is 5.88 Å². The number of pyridine rings is 1. The van der Waals surface area contributed by atoms with E-state index in [0.717, 1.165) is 79.0 Å². The van der Waals surface area contributed by atoms with E-state index in [9.17, 15) is 14.4 Å². The van der Waals surface area contributed by atoms with Crippen molar-refractivity contribution in [3.05, 3.63) is 226 Å². The molecule has 0 spiro atoms. The number of ether oxygens (including phenoxy) is 2. The summed E-state index contributed by atoms with van der Waals surface area (Å²) in [6.07, 6.45) is 2.78. The summed E-state index contributed by atoms with van der Waals surface area (Å²) in [7, 11) is 0. The Labute approximate surface area is 494 Å². The Kier molecular flexibility index (Phi) is 19.7. The lowest BCUT2D eigenvalue weighted by atomic mass is 9.98. The van der Waals surface area contributed by atoms with Gasteiger partial charge in [-0.05, 0) is 115 Å². The first-order chi connectivity index (χ1) is 41.0. The zero-order valence-electron chi connectivity index (χ0n) is 47.6. The molecule has 0 bridgehead atoms. The molecule has 9 aromatic rings. The predicted octanol–water partition coefficient (Wildman–Crippen LogP) is 13.9. The molecular weight excluding hydrogens is 1070 g/mol. The van der Waals surface area contributed by atoms with Crippen molar-refractivity contribution in [2.75, 3.05) is 65.6 Å². The molecule has 2 amide bonds. The van der Waals surface area contributed by atoms with Gasteiger partial charge in [-0.25, -0.2) is 9.97 Å². The molecule has 1 aliphatic heterocycles. The first-order valence-corrected chi connectivity index (χ1v) is 29.0. The molecule has 0 aliphatic carbocycles. The number of amides is 2. The lowest BCUT2D eigenvalue weighted by Crippen LogP contribution is -2.47. The Morgan fingerprint density at radius 3 is 2.02 bits per heavy atom. The second-order valence-corrected chi connectivity index (χ2v) is 21.6. The second-order valence-electron chi connectivity index (χ2n) is 21.2. The lowest BCUT2D eigenvalue weighted by molar-refractivity contribution is 0.0601. The zero-order valence-corrected chi connectivity index (χ0v) is 48.3. The molecule has 1 N–H and O–H groups in total. The van der Waals surface area contributed by atoms with Crippen LogP contribution in [0.25, 0.3) is 21.7 Å². The van der Waals surface area contributed by atoms with E-state index in [4.69, 9.17) is 31.2 Å². The maximum atomic E-state index is 14.7. The number of halogens is 1. The third-order valence-electron chi connectivity index (χ3n) is 14.8. The van der Waals surface area contributed by atoms with Gasteiger partial charge < -0.3 is 24.6 Å². The highest BCUT2D eigenvalue weighted by atomic mass is 35.5. The number of hydrogen-bond acceptors (Lipinski definition) is 13. The second kappa shape index (κ2) is 28.3. The summed E-state index contributed by atoms with van der Waals surface area (Å²) in [6, 6.07) is 54.4. The van der Waals surface area contributed by atoms with Crippen LogP contribution in [-0.2, 0) is 6.54 Å². The van der Waals surface area contributed by atoms with Crippen LogP contribution in [0, 0.1) is 12.8 Å². The molecule has 1 atom stereocenters. The summed E-state index contributed by atoms with van der Waals surface area (Å²) in [5.74, 6) is 0.943. The number of benzene rings is 7. The number of rotatable bonds is 24. The monoisotopic (exact) mass is 1140 g/mol. The molecular formula is C67H68ClN11O5. The van der Waals surface area contributed by atoms with Crippen LogP contribution in [0.15, 0.2) is 207 Å². The van der Waals surface area contributed by atoms with Crippen molar-refractivity contribution < 1.29 is 19.1 Å². The van der Waals surface area contributed by atoms with E-state index in [0.29, 0.717) is 75.5 Å². The van der Waals surface area contributed by atoms with Gasteiger partial charge in [0.25, 0.3) is 17.4 Å². The molecule has 428 valence electrons. The number of nitrogens with zero attached hydrogens (tertiary/aromatic N) is 10. The van der Waals surface area contributed by atoms with Gasteiger partial charge >= 0.3 is 0 Å². The van der Waals surface area contributed by atoms with Crippen LogP contribution in [0.4, 0.5) is 22.7 Å². The first kappa shape index (κ1) is 58.2. The van der Waals surface area contributed by atoms with Crippen LogP contribution in [0.1, 0.15) is 70.4 Å². The van der Waals surface area contributed by atoms with E-state index in [1.165, 1.54) is 6.20 Å². The Bertz CT molecular complexity index is 3780. The van der Waals surface area contributed by atoms with E-state index >= 15 is 0 Å². The van der Waals surface area contributed by atoms with E-state index in [2.05, 4.69) is 47.6 Å². The van der Waals surface area contributed by atoms with Crippen LogP contribution in [0.3, 0.4) is 0 Å². The van der Waals surface area contributed by atoms with E-state index in [-0.39, 0.29) is 42.9 Å². The zero-order chi connectivity index (χ0) is 58.2. The number of piperazine rings is 1. The maximum absolute atomic E-state index is 14.7. The van der Waals surface area contributed by atoms with Gasteiger partial charge in [0, 0.05) is 80.6 Å². The number of hydrogen-bond donors (Lipinski definition) is 1. The fourth-order valence-corrected chi connectivity index (χ4v) is 10.4. The van der Waals surface area contributed by atoms with Gasteiger partial charge in [0.1, 0.15) is 23.9 Å². The Morgan fingerprint density at radius 2 is 1.32 bits per heavy atom. The molecule has 0 saturated carbocycles. The molecule has 84 heavy (non-hydrogen) atoms. The number of azo groups is 2. The van der Waals surface area contributed by atoms with Crippen LogP contribution in [-0.4, -0.2) is 107 Å². The van der Waals surface area contributed by atoms with Crippen LogP contribution in [0.5, 0.6) is 11.6 Å². The van der Waals surface area contributed by atoms with Gasteiger partial charge in [-0.1, -0.05) is 122 Å². The van der Waals surface area contributed by atoms with Crippen molar-refractivity contribution in [3.63, 3.8) is 0 Å². The number of nitrogens with one attached hydrogen (secondary N) is 1. The number of carbonyl (C=O) groups excluding carboxylic acids is 2. The third-order valence-corrected chi connectivity index (χ3v) is 15.0. The van der Waals surface area contributed by atoms with Crippen LogP contribution >= 0.6 is 11.6 Å². The number of aromatic nitrogens is 3. The van der Waals surface area contributed by atoms with E-state index < -0.39 is 6.04 Å². The average Bonchev–Trinajstić information content (AvgIpc) is 2.84. The normalized spacial score (nSPS) is 13.5. The molecule has 1 fully saturated rings. The summed E-state index contributed by atoms with van der Waals surface area (Å²) >= 11 is 6.45. The molecule has 16 nitrogen and oxygen atoms in total.